The fourth-order valence-corrected chi connectivity index (χ4v) is 3.70. The third-order valence-electron chi connectivity index (χ3n) is 5.64. The fourth-order valence-electron chi connectivity index (χ4n) is 3.54. The lowest BCUT2D eigenvalue weighted by molar-refractivity contribution is 0.489. The number of nitrogens with two attached hydrogens (primary N) is 1. The van der Waals surface area contributed by atoms with E-state index in [1.54, 1.807) is 48.4 Å². The summed E-state index contributed by atoms with van der Waals surface area (Å²) in [5.74, 6) is 0.657. The molecule has 32 heavy (non-hydrogen) atoms. The number of nitrogen functional groups attached to an aromatic ring is 1. The number of rotatable bonds is 6. The van der Waals surface area contributed by atoms with Crippen LogP contribution in [-0.4, -0.2) is 19.5 Å². The smallest absolute Gasteiger partial charge is 0.252 e. The summed E-state index contributed by atoms with van der Waals surface area (Å²) in [6.45, 7) is 4.07. The molecule has 3 aromatic heterocycles. The number of hydrogen-bond acceptors (Lipinski definition) is 7. The van der Waals surface area contributed by atoms with E-state index in [9.17, 15) is 4.79 Å². The van der Waals surface area contributed by atoms with Crippen molar-refractivity contribution in [2.24, 2.45) is 7.05 Å². The Kier molecular flexibility index (Phi) is 5.71. The van der Waals surface area contributed by atoms with Gasteiger partial charge in [-0.25, -0.2) is 15.0 Å². The molecule has 9 heteroatoms. The molecule has 164 valence electrons. The first-order valence-corrected chi connectivity index (χ1v) is 10.6. The molecule has 1 atom stereocenters. The minimum Gasteiger partial charge on any atom is -0.395 e. The van der Waals surface area contributed by atoms with Crippen molar-refractivity contribution >= 4 is 45.3 Å². The SMILES string of the molecule is CCC(C)(Nc1cc(=O)n(C)c2ccc(Nc3ccnc(Cl)c3N)cc12)c1ncccn1. The van der Waals surface area contributed by atoms with Gasteiger partial charge in [0.2, 0.25) is 0 Å². The van der Waals surface area contributed by atoms with E-state index in [1.165, 1.54) is 0 Å². The van der Waals surface area contributed by atoms with E-state index < -0.39 is 5.54 Å². The number of fused-ring (bicyclic) bond motifs is 1. The molecule has 0 aliphatic carbocycles. The average Bonchev–Trinajstić information content (AvgIpc) is 2.81. The summed E-state index contributed by atoms with van der Waals surface area (Å²) in [5.41, 5.74) is 8.68. The van der Waals surface area contributed by atoms with Gasteiger partial charge in [0.05, 0.1) is 22.4 Å². The second kappa shape index (κ2) is 8.47. The molecule has 0 radical (unpaired) electrons. The lowest BCUT2D eigenvalue weighted by atomic mass is 9.96. The minimum absolute atomic E-state index is 0.113. The second-order valence-corrected chi connectivity index (χ2v) is 8.12. The highest BCUT2D eigenvalue weighted by molar-refractivity contribution is 6.32. The van der Waals surface area contributed by atoms with Gasteiger partial charge in [0.25, 0.3) is 5.56 Å². The predicted octanol–water partition coefficient (Wildman–Crippen LogP) is 4.44. The summed E-state index contributed by atoms with van der Waals surface area (Å²) in [7, 11) is 1.75. The molecule has 0 bridgehead atoms. The maximum absolute atomic E-state index is 12.7. The fraction of sp³-hybridized carbons (Fsp3) is 0.217. The van der Waals surface area contributed by atoms with E-state index in [0.29, 0.717) is 22.9 Å². The average molecular weight is 450 g/mol. The van der Waals surface area contributed by atoms with Crippen LogP contribution < -0.4 is 21.9 Å². The lowest BCUT2D eigenvalue weighted by Gasteiger charge is -2.30. The molecule has 0 saturated heterocycles. The van der Waals surface area contributed by atoms with E-state index >= 15 is 0 Å². The lowest BCUT2D eigenvalue weighted by Crippen LogP contribution is -2.34. The van der Waals surface area contributed by atoms with Crippen LogP contribution in [0, 0.1) is 0 Å². The normalized spacial score (nSPS) is 13.0. The number of benzene rings is 1. The van der Waals surface area contributed by atoms with Crippen LogP contribution in [0.5, 0.6) is 0 Å². The van der Waals surface area contributed by atoms with Crippen molar-refractivity contribution in [1.82, 2.24) is 19.5 Å². The van der Waals surface area contributed by atoms with Gasteiger partial charge in [-0.3, -0.25) is 4.79 Å². The number of nitrogens with one attached hydrogen (secondary N) is 2. The molecule has 8 nitrogen and oxygen atoms in total. The van der Waals surface area contributed by atoms with Crippen molar-refractivity contribution in [2.75, 3.05) is 16.4 Å². The summed E-state index contributed by atoms with van der Waals surface area (Å²) in [4.78, 5) is 25.5. The predicted molar refractivity (Wildman–Crippen MR) is 129 cm³/mol. The number of pyridine rings is 2. The molecular weight excluding hydrogens is 426 g/mol. The highest BCUT2D eigenvalue weighted by atomic mass is 35.5. The minimum atomic E-state index is -0.562. The van der Waals surface area contributed by atoms with Gasteiger partial charge in [-0.2, -0.15) is 0 Å². The molecule has 4 aromatic rings. The Labute approximate surface area is 190 Å². The van der Waals surface area contributed by atoms with Crippen molar-refractivity contribution in [2.45, 2.75) is 25.8 Å². The van der Waals surface area contributed by atoms with E-state index in [2.05, 4.69) is 32.5 Å². The maximum Gasteiger partial charge on any atom is 0.252 e. The van der Waals surface area contributed by atoms with Gasteiger partial charge in [0.1, 0.15) is 0 Å². The third kappa shape index (κ3) is 3.97. The third-order valence-corrected chi connectivity index (χ3v) is 5.95. The molecule has 0 aliphatic rings. The first-order chi connectivity index (χ1) is 15.3. The standard InChI is InChI=1S/C23H24ClN7O/c1-4-23(2,22-27-9-5-10-28-22)30-17-13-19(32)31(3)18-7-6-14(12-15(17)18)29-16-8-11-26-21(24)20(16)25/h5-13,30H,4,25H2,1-3H3,(H,26,29). The molecule has 0 aliphatic heterocycles. The molecule has 0 amide bonds. The van der Waals surface area contributed by atoms with E-state index in [-0.39, 0.29) is 10.7 Å². The Morgan fingerprint density at radius 3 is 2.56 bits per heavy atom. The van der Waals surface area contributed by atoms with Crippen molar-refractivity contribution < 1.29 is 0 Å². The van der Waals surface area contributed by atoms with E-state index in [0.717, 1.165) is 23.0 Å². The molecular formula is C23H24ClN7O. The maximum atomic E-state index is 12.7. The summed E-state index contributed by atoms with van der Waals surface area (Å²) < 4.78 is 1.62. The van der Waals surface area contributed by atoms with Crippen LogP contribution in [0.15, 0.2) is 59.8 Å². The van der Waals surface area contributed by atoms with Crippen LogP contribution >= 0.6 is 11.6 Å². The molecule has 1 aromatic carbocycles. The molecule has 0 saturated carbocycles. The zero-order chi connectivity index (χ0) is 22.9. The van der Waals surface area contributed by atoms with Gasteiger partial charge in [0.15, 0.2) is 11.0 Å². The van der Waals surface area contributed by atoms with Gasteiger partial charge in [-0.05, 0) is 43.7 Å². The first-order valence-electron chi connectivity index (χ1n) is 10.2. The van der Waals surface area contributed by atoms with Gasteiger partial charge in [0, 0.05) is 48.5 Å². The molecule has 0 fully saturated rings. The number of aryl methyl sites for hydroxylation is 1. The monoisotopic (exact) mass is 449 g/mol. The Hall–Kier alpha value is -3.65. The highest BCUT2D eigenvalue weighted by Gasteiger charge is 2.28. The summed E-state index contributed by atoms with van der Waals surface area (Å²) in [5, 5.41) is 7.91. The zero-order valence-electron chi connectivity index (χ0n) is 18.1. The Balaban J connectivity index is 1.81. The van der Waals surface area contributed by atoms with Crippen LogP contribution in [0.1, 0.15) is 26.1 Å². The number of anilines is 4. The van der Waals surface area contributed by atoms with Crippen LogP contribution in [0.4, 0.5) is 22.7 Å². The number of halogens is 1. The quantitative estimate of drug-likeness (QED) is 0.373. The topological polar surface area (TPSA) is 111 Å². The largest absolute Gasteiger partial charge is 0.395 e. The van der Waals surface area contributed by atoms with Crippen LogP contribution in [0.2, 0.25) is 5.15 Å². The van der Waals surface area contributed by atoms with Crippen LogP contribution in [-0.2, 0) is 12.6 Å². The Bertz CT molecular complexity index is 1340. The van der Waals surface area contributed by atoms with Crippen LogP contribution in [0.3, 0.4) is 0 Å². The second-order valence-electron chi connectivity index (χ2n) is 7.76. The van der Waals surface area contributed by atoms with Crippen molar-refractivity contribution in [3.8, 4) is 0 Å². The molecule has 1 unspecified atom stereocenters. The summed E-state index contributed by atoms with van der Waals surface area (Å²) >= 11 is 6.05. The van der Waals surface area contributed by atoms with Gasteiger partial charge < -0.3 is 20.9 Å². The molecule has 3 heterocycles. The number of hydrogen-bond donors (Lipinski definition) is 3. The molecule has 4 rings (SSSR count). The van der Waals surface area contributed by atoms with Crippen molar-refractivity contribution in [3.05, 3.63) is 76.3 Å². The summed E-state index contributed by atoms with van der Waals surface area (Å²) in [6.07, 6.45) is 5.74. The molecule has 4 N–H and O–H groups in total. The van der Waals surface area contributed by atoms with Crippen molar-refractivity contribution in [1.29, 1.82) is 0 Å². The van der Waals surface area contributed by atoms with Gasteiger partial charge in [-0.15, -0.1) is 0 Å². The Morgan fingerprint density at radius 1 is 1.09 bits per heavy atom. The summed E-state index contributed by atoms with van der Waals surface area (Å²) in [6, 6.07) is 10.9. The highest BCUT2D eigenvalue weighted by Crippen LogP contribution is 2.33. The first kappa shape index (κ1) is 21.6. The van der Waals surface area contributed by atoms with Gasteiger partial charge in [-0.1, -0.05) is 18.5 Å². The van der Waals surface area contributed by atoms with Gasteiger partial charge >= 0.3 is 0 Å². The zero-order valence-corrected chi connectivity index (χ0v) is 18.8. The van der Waals surface area contributed by atoms with E-state index in [4.69, 9.17) is 17.3 Å². The number of aromatic nitrogens is 4. The number of nitrogens with zero attached hydrogens (tertiary/aromatic N) is 4. The Morgan fingerprint density at radius 2 is 1.84 bits per heavy atom. The van der Waals surface area contributed by atoms with Crippen molar-refractivity contribution in [3.63, 3.8) is 0 Å². The molecule has 0 spiro atoms. The van der Waals surface area contributed by atoms with Crippen LogP contribution in [0.25, 0.3) is 10.9 Å². The van der Waals surface area contributed by atoms with E-state index in [1.807, 2.05) is 25.1 Å².